The summed E-state index contributed by atoms with van der Waals surface area (Å²) < 4.78 is 5.70. The van der Waals surface area contributed by atoms with E-state index in [0.29, 0.717) is 11.8 Å². The Balaban J connectivity index is 1.79. The zero-order valence-electron chi connectivity index (χ0n) is 9.87. The number of halogens is 2. The molecule has 0 amide bonds. The van der Waals surface area contributed by atoms with E-state index in [9.17, 15) is 0 Å². The monoisotopic (exact) mass is 272 g/mol. The summed E-state index contributed by atoms with van der Waals surface area (Å²) in [5.41, 5.74) is 1.16. The summed E-state index contributed by atoms with van der Waals surface area (Å²) in [6, 6.07) is 7.94. The van der Waals surface area contributed by atoms with Crippen molar-refractivity contribution in [3.63, 3.8) is 0 Å². The molecule has 0 N–H and O–H groups in total. The first kappa shape index (κ1) is 13.2. The lowest BCUT2D eigenvalue weighted by molar-refractivity contribution is 0.0972. The van der Waals surface area contributed by atoms with Gasteiger partial charge in [0.05, 0.1) is 6.61 Å². The quantitative estimate of drug-likeness (QED) is 0.678. The van der Waals surface area contributed by atoms with Gasteiger partial charge >= 0.3 is 0 Å². The molecule has 1 aliphatic rings. The minimum Gasteiger partial charge on any atom is -0.381 e. The predicted octanol–water partition coefficient (Wildman–Crippen LogP) is 4.16. The Kier molecular flexibility index (Phi) is 5.15. The first-order valence-electron chi connectivity index (χ1n) is 6.16. The number of rotatable bonds is 7. The van der Waals surface area contributed by atoms with Crippen molar-refractivity contribution in [3.8, 4) is 0 Å². The third kappa shape index (κ3) is 4.50. The van der Waals surface area contributed by atoms with Crippen LogP contribution >= 0.6 is 23.2 Å². The maximum atomic E-state index is 6.14. The van der Waals surface area contributed by atoms with E-state index >= 15 is 0 Å². The Labute approximate surface area is 113 Å². The molecule has 3 heteroatoms. The summed E-state index contributed by atoms with van der Waals surface area (Å²) in [7, 11) is 0. The van der Waals surface area contributed by atoms with Crippen molar-refractivity contribution >= 4 is 23.2 Å². The number of ether oxygens (including phenoxy) is 1. The van der Waals surface area contributed by atoms with Gasteiger partial charge in [-0.05, 0) is 42.7 Å². The van der Waals surface area contributed by atoms with Crippen molar-refractivity contribution in [2.45, 2.75) is 19.3 Å². The lowest BCUT2D eigenvalue weighted by Gasteiger charge is -2.15. The molecule has 1 aliphatic carbocycles. The van der Waals surface area contributed by atoms with Crippen molar-refractivity contribution in [1.29, 1.82) is 0 Å². The number of benzene rings is 1. The molecule has 0 spiro atoms. The molecule has 1 aromatic carbocycles. The molecule has 1 aromatic rings. The fourth-order valence-corrected chi connectivity index (χ4v) is 2.23. The maximum absolute atomic E-state index is 6.14. The van der Waals surface area contributed by atoms with E-state index in [1.165, 1.54) is 12.8 Å². The summed E-state index contributed by atoms with van der Waals surface area (Å²) >= 11 is 12.1. The highest BCUT2D eigenvalue weighted by Crippen LogP contribution is 2.29. The number of alkyl halides is 1. The highest BCUT2D eigenvalue weighted by atomic mass is 35.5. The molecule has 1 unspecified atom stereocenters. The van der Waals surface area contributed by atoms with E-state index in [-0.39, 0.29) is 0 Å². The smallest absolute Gasteiger partial charge is 0.0509 e. The van der Waals surface area contributed by atoms with Gasteiger partial charge in [0, 0.05) is 17.5 Å². The highest BCUT2D eigenvalue weighted by Gasteiger charge is 2.21. The zero-order chi connectivity index (χ0) is 12.1. The molecule has 1 nitrogen and oxygen atoms in total. The van der Waals surface area contributed by atoms with Gasteiger partial charge in [-0.3, -0.25) is 0 Å². The summed E-state index contributed by atoms with van der Waals surface area (Å²) in [5, 5.41) is 0.824. The lowest BCUT2D eigenvalue weighted by atomic mass is 10.0. The first-order chi connectivity index (χ1) is 8.29. The zero-order valence-corrected chi connectivity index (χ0v) is 11.4. The Morgan fingerprint density at radius 1 is 1.29 bits per heavy atom. The minimum atomic E-state index is 0.357. The molecular weight excluding hydrogens is 255 g/mol. The van der Waals surface area contributed by atoms with Gasteiger partial charge in [-0.1, -0.05) is 29.8 Å². The van der Waals surface area contributed by atoms with Crippen molar-refractivity contribution in [1.82, 2.24) is 0 Å². The van der Waals surface area contributed by atoms with Crippen LogP contribution < -0.4 is 0 Å². The molecule has 1 atom stereocenters. The second kappa shape index (κ2) is 6.63. The van der Waals surface area contributed by atoms with Crippen LogP contribution in [-0.2, 0) is 11.2 Å². The fraction of sp³-hybridized carbons (Fsp3) is 0.571. The molecule has 0 saturated heterocycles. The van der Waals surface area contributed by atoms with Crippen LogP contribution in [0.5, 0.6) is 0 Å². The molecule has 2 rings (SSSR count). The third-order valence-corrected chi connectivity index (χ3v) is 3.89. The second-order valence-corrected chi connectivity index (χ2v) is 5.51. The van der Waals surface area contributed by atoms with E-state index in [4.69, 9.17) is 27.9 Å². The van der Waals surface area contributed by atoms with Gasteiger partial charge in [0.15, 0.2) is 0 Å². The second-order valence-electron chi connectivity index (χ2n) is 4.80. The summed E-state index contributed by atoms with van der Waals surface area (Å²) in [5.74, 6) is 1.79. The molecule has 0 aliphatic heterocycles. The SMILES string of the molecule is ClCC(COCC1CC1)Cc1ccccc1Cl. The van der Waals surface area contributed by atoms with Gasteiger partial charge in [-0.25, -0.2) is 0 Å². The van der Waals surface area contributed by atoms with Crippen LogP contribution in [0.15, 0.2) is 24.3 Å². The van der Waals surface area contributed by atoms with Crippen molar-refractivity contribution in [2.24, 2.45) is 11.8 Å². The number of hydrogen-bond donors (Lipinski definition) is 0. The molecule has 0 heterocycles. The van der Waals surface area contributed by atoms with Gasteiger partial charge < -0.3 is 4.74 Å². The first-order valence-corrected chi connectivity index (χ1v) is 7.08. The van der Waals surface area contributed by atoms with Crippen LogP contribution in [0, 0.1) is 11.8 Å². The predicted molar refractivity (Wildman–Crippen MR) is 72.9 cm³/mol. The van der Waals surface area contributed by atoms with Crippen LogP contribution in [0.2, 0.25) is 5.02 Å². The molecular formula is C14H18Cl2O. The molecule has 1 fully saturated rings. The van der Waals surface area contributed by atoms with Crippen molar-refractivity contribution < 1.29 is 4.74 Å². The van der Waals surface area contributed by atoms with Gasteiger partial charge in [0.1, 0.15) is 0 Å². The standard InChI is InChI=1S/C14H18Cl2O/c15-8-12(10-17-9-11-5-6-11)7-13-3-1-2-4-14(13)16/h1-4,11-12H,5-10H2. The van der Waals surface area contributed by atoms with E-state index in [0.717, 1.165) is 36.1 Å². The highest BCUT2D eigenvalue weighted by molar-refractivity contribution is 6.31. The van der Waals surface area contributed by atoms with Gasteiger partial charge in [0.2, 0.25) is 0 Å². The normalized spacial score (nSPS) is 17.1. The van der Waals surface area contributed by atoms with Crippen LogP contribution in [-0.4, -0.2) is 19.1 Å². The molecule has 0 bridgehead atoms. The summed E-state index contributed by atoms with van der Waals surface area (Å²) in [6.07, 6.45) is 3.56. The fourth-order valence-electron chi connectivity index (χ4n) is 1.82. The minimum absolute atomic E-state index is 0.357. The Morgan fingerprint density at radius 3 is 2.71 bits per heavy atom. The maximum Gasteiger partial charge on any atom is 0.0509 e. The molecule has 1 saturated carbocycles. The Morgan fingerprint density at radius 2 is 2.06 bits per heavy atom. The summed E-state index contributed by atoms with van der Waals surface area (Å²) in [6.45, 7) is 1.64. The lowest BCUT2D eigenvalue weighted by Crippen LogP contribution is -2.15. The Bertz CT molecular complexity index is 350. The Hall–Kier alpha value is -0.240. The molecule has 0 radical (unpaired) electrons. The largest absolute Gasteiger partial charge is 0.381 e. The third-order valence-electron chi connectivity index (χ3n) is 3.09. The van der Waals surface area contributed by atoms with E-state index in [2.05, 4.69) is 6.07 Å². The molecule has 0 aromatic heterocycles. The van der Waals surface area contributed by atoms with Gasteiger partial charge in [-0.15, -0.1) is 11.6 Å². The average molecular weight is 273 g/mol. The van der Waals surface area contributed by atoms with Crippen LogP contribution in [0.1, 0.15) is 18.4 Å². The topological polar surface area (TPSA) is 9.23 Å². The number of hydrogen-bond acceptors (Lipinski definition) is 1. The van der Waals surface area contributed by atoms with E-state index in [1.807, 2.05) is 18.2 Å². The molecule has 17 heavy (non-hydrogen) atoms. The van der Waals surface area contributed by atoms with Gasteiger partial charge in [0.25, 0.3) is 0 Å². The van der Waals surface area contributed by atoms with E-state index in [1.54, 1.807) is 0 Å². The van der Waals surface area contributed by atoms with Crippen molar-refractivity contribution in [2.75, 3.05) is 19.1 Å². The average Bonchev–Trinajstić information content (AvgIpc) is 3.14. The van der Waals surface area contributed by atoms with Crippen LogP contribution in [0.25, 0.3) is 0 Å². The van der Waals surface area contributed by atoms with Crippen molar-refractivity contribution in [3.05, 3.63) is 34.9 Å². The summed E-state index contributed by atoms with van der Waals surface area (Å²) in [4.78, 5) is 0. The van der Waals surface area contributed by atoms with Crippen LogP contribution in [0.4, 0.5) is 0 Å². The molecule has 94 valence electrons. The van der Waals surface area contributed by atoms with Crippen LogP contribution in [0.3, 0.4) is 0 Å². The van der Waals surface area contributed by atoms with Gasteiger partial charge in [-0.2, -0.15) is 0 Å². The van der Waals surface area contributed by atoms with E-state index < -0.39 is 0 Å².